The van der Waals surface area contributed by atoms with Crippen LogP contribution in [0.3, 0.4) is 0 Å². The molecule has 0 aromatic rings. The van der Waals surface area contributed by atoms with E-state index < -0.39 is 0 Å². The van der Waals surface area contributed by atoms with Gasteiger partial charge in [-0.15, -0.1) is 0 Å². The van der Waals surface area contributed by atoms with Gasteiger partial charge in [0.1, 0.15) is 0 Å². The molecule has 0 fully saturated rings. The first-order valence-electron chi connectivity index (χ1n) is 7.78. The minimum atomic E-state index is 0.0906. The summed E-state index contributed by atoms with van der Waals surface area (Å²) < 4.78 is 0. The normalized spacial score (nSPS) is 14.2. The molecule has 0 aromatic carbocycles. The van der Waals surface area contributed by atoms with Gasteiger partial charge in [0.15, 0.2) is 0 Å². The van der Waals surface area contributed by atoms with Gasteiger partial charge in [0, 0.05) is 13.5 Å². The second-order valence-electron chi connectivity index (χ2n) is 5.91. The molecule has 1 atom stereocenters. The van der Waals surface area contributed by atoms with Crippen LogP contribution in [0.15, 0.2) is 0 Å². The summed E-state index contributed by atoms with van der Waals surface area (Å²) in [4.78, 5) is 10.8. The lowest BCUT2D eigenvalue weighted by atomic mass is 9.78. The summed E-state index contributed by atoms with van der Waals surface area (Å²) in [6.45, 7) is 9.43. The Hall–Kier alpha value is -0.530. The molecule has 108 valence electrons. The van der Waals surface area contributed by atoms with Crippen molar-refractivity contribution in [1.82, 2.24) is 5.32 Å². The highest BCUT2D eigenvalue weighted by Crippen LogP contribution is 2.34. The van der Waals surface area contributed by atoms with Gasteiger partial charge in [-0.2, -0.15) is 0 Å². The van der Waals surface area contributed by atoms with Gasteiger partial charge in [-0.25, -0.2) is 0 Å². The Kier molecular flexibility index (Phi) is 10.1. The van der Waals surface area contributed by atoms with Crippen LogP contribution in [0.2, 0.25) is 0 Å². The molecule has 0 aliphatic carbocycles. The SMILES string of the molecule is CCCCCCC(C)(CC)CCCCNC(C)=O. The summed E-state index contributed by atoms with van der Waals surface area (Å²) in [5, 5.41) is 2.87. The van der Waals surface area contributed by atoms with Crippen LogP contribution in [-0.2, 0) is 4.79 Å². The number of unbranched alkanes of at least 4 members (excludes halogenated alkanes) is 4. The van der Waals surface area contributed by atoms with Gasteiger partial charge in [-0.05, 0) is 24.7 Å². The number of hydrogen-bond donors (Lipinski definition) is 1. The fraction of sp³-hybridized carbons (Fsp3) is 0.938. The van der Waals surface area contributed by atoms with E-state index in [-0.39, 0.29) is 5.91 Å². The summed E-state index contributed by atoms with van der Waals surface area (Å²) in [6.07, 6.45) is 11.8. The van der Waals surface area contributed by atoms with Crippen molar-refractivity contribution in [3.63, 3.8) is 0 Å². The maximum Gasteiger partial charge on any atom is 0.216 e. The first kappa shape index (κ1) is 17.5. The van der Waals surface area contributed by atoms with Gasteiger partial charge >= 0.3 is 0 Å². The van der Waals surface area contributed by atoms with Crippen molar-refractivity contribution in [2.75, 3.05) is 6.54 Å². The molecule has 0 heterocycles. The van der Waals surface area contributed by atoms with E-state index >= 15 is 0 Å². The standard InChI is InChI=1S/C16H33NO/c1-5-7-8-9-12-16(4,6-2)13-10-11-14-17-15(3)18/h5-14H2,1-4H3,(H,17,18). The Bertz CT molecular complexity index is 215. The molecule has 0 aromatic heterocycles. The lowest BCUT2D eigenvalue weighted by Gasteiger charge is -2.28. The minimum Gasteiger partial charge on any atom is -0.356 e. The van der Waals surface area contributed by atoms with E-state index in [9.17, 15) is 4.79 Å². The molecule has 0 radical (unpaired) electrons. The fourth-order valence-electron chi connectivity index (χ4n) is 2.40. The fourth-order valence-corrected chi connectivity index (χ4v) is 2.40. The number of hydrogen-bond acceptors (Lipinski definition) is 1. The molecular weight excluding hydrogens is 222 g/mol. The lowest BCUT2D eigenvalue weighted by Crippen LogP contribution is -2.21. The first-order valence-corrected chi connectivity index (χ1v) is 7.78. The Morgan fingerprint density at radius 1 is 1.00 bits per heavy atom. The van der Waals surface area contributed by atoms with Gasteiger partial charge in [0.25, 0.3) is 0 Å². The second kappa shape index (κ2) is 10.4. The van der Waals surface area contributed by atoms with Gasteiger partial charge in [0.05, 0.1) is 0 Å². The topological polar surface area (TPSA) is 29.1 Å². The van der Waals surface area contributed by atoms with Crippen molar-refractivity contribution in [3.8, 4) is 0 Å². The molecule has 0 saturated heterocycles. The van der Waals surface area contributed by atoms with E-state index in [1.165, 1.54) is 51.4 Å². The lowest BCUT2D eigenvalue weighted by molar-refractivity contribution is -0.118. The maximum atomic E-state index is 10.8. The molecule has 0 spiro atoms. The molecule has 2 nitrogen and oxygen atoms in total. The third-order valence-corrected chi connectivity index (χ3v) is 4.07. The van der Waals surface area contributed by atoms with E-state index in [1.54, 1.807) is 6.92 Å². The van der Waals surface area contributed by atoms with Gasteiger partial charge in [-0.3, -0.25) is 4.79 Å². The van der Waals surface area contributed by atoms with Crippen LogP contribution < -0.4 is 5.32 Å². The van der Waals surface area contributed by atoms with Gasteiger partial charge in [-0.1, -0.05) is 59.3 Å². The Morgan fingerprint density at radius 3 is 2.11 bits per heavy atom. The van der Waals surface area contributed by atoms with Crippen LogP contribution in [0.1, 0.15) is 85.5 Å². The van der Waals surface area contributed by atoms with E-state index in [4.69, 9.17) is 0 Å². The van der Waals surface area contributed by atoms with Crippen LogP contribution in [0.25, 0.3) is 0 Å². The summed E-state index contributed by atoms with van der Waals surface area (Å²) in [5.41, 5.74) is 0.518. The van der Waals surface area contributed by atoms with Crippen molar-refractivity contribution < 1.29 is 4.79 Å². The molecule has 0 rings (SSSR count). The molecule has 18 heavy (non-hydrogen) atoms. The Morgan fingerprint density at radius 2 is 1.61 bits per heavy atom. The molecule has 0 saturated carbocycles. The Labute approximate surface area is 114 Å². The molecular formula is C16H33NO. The predicted molar refractivity (Wildman–Crippen MR) is 79.7 cm³/mol. The molecule has 2 heteroatoms. The van der Waals surface area contributed by atoms with E-state index in [2.05, 4.69) is 26.1 Å². The number of nitrogens with one attached hydrogen (secondary N) is 1. The summed E-state index contributed by atoms with van der Waals surface area (Å²) in [5.74, 6) is 0.0906. The van der Waals surface area contributed by atoms with E-state index in [0.29, 0.717) is 5.41 Å². The van der Waals surface area contributed by atoms with Crippen LogP contribution in [0, 0.1) is 5.41 Å². The number of rotatable bonds is 11. The largest absolute Gasteiger partial charge is 0.356 e. The first-order chi connectivity index (χ1) is 8.54. The minimum absolute atomic E-state index is 0.0906. The average molecular weight is 255 g/mol. The predicted octanol–water partition coefficient (Wildman–Crippen LogP) is 4.68. The zero-order valence-corrected chi connectivity index (χ0v) is 13.0. The summed E-state index contributed by atoms with van der Waals surface area (Å²) in [7, 11) is 0. The maximum absolute atomic E-state index is 10.8. The number of carbonyl (C=O) groups excluding carboxylic acids is 1. The average Bonchev–Trinajstić information content (AvgIpc) is 2.34. The van der Waals surface area contributed by atoms with Crippen LogP contribution >= 0.6 is 0 Å². The zero-order valence-electron chi connectivity index (χ0n) is 13.0. The quantitative estimate of drug-likeness (QED) is 0.534. The van der Waals surface area contributed by atoms with Gasteiger partial charge in [0.2, 0.25) is 5.91 Å². The molecule has 0 bridgehead atoms. The number of amides is 1. The van der Waals surface area contributed by atoms with Crippen molar-refractivity contribution in [1.29, 1.82) is 0 Å². The van der Waals surface area contributed by atoms with Crippen LogP contribution in [0.5, 0.6) is 0 Å². The summed E-state index contributed by atoms with van der Waals surface area (Å²) >= 11 is 0. The summed E-state index contributed by atoms with van der Waals surface area (Å²) in [6, 6.07) is 0. The van der Waals surface area contributed by atoms with Crippen LogP contribution in [0.4, 0.5) is 0 Å². The Balaban J connectivity index is 3.68. The highest BCUT2D eigenvalue weighted by molar-refractivity contribution is 5.72. The smallest absolute Gasteiger partial charge is 0.216 e. The highest BCUT2D eigenvalue weighted by atomic mass is 16.1. The van der Waals surface area contributed by atoms with Crippen LogP contribution in [-0.4, -0.2) is 12.5 Å². The van der Waals surface area contributed by atoms with Gasteiger partial charge < -0.3 is 5.32 Å². The van der Waals surface area contributed by atoms with Crippen molar-refractivity contribution in [2.24, 2.45) is 5.41 Å². The molecule has 1 amide bonds. The second-order valence-corrected chi connectivity index (χ2v) is 5.91. The number of carbonyl (C=O) groups is 1. The molecule has 0 aliphatic rings. The van der Waals surface area contributed by atoms with Crippen molar-refractivity contribution in [2.45, 2.75) is 85.5 Å². The molecule has 1 N–H and O–H groups in total. The monoisotopic (exact) mass is 255 g/mol. The third kappa shape index (κ3) is 9.49. The van der Waals surface area contributed by atoms with E-state index in [0.717, 1.165) is 13.0 Å². The van der Waals surface area contributed by atoms with Crippen molar-refractivity contribution >= 4 is 5.91 Å². The third-order valence-electron chi connectivity index (χ3n) is 4.07. The molecule has 0 aliphatic heterocycles. The zero-order chi connectivity index (χ0) is 13.9. The highest BCUT2D eigenvalue weighted by Gasteiger charge is 2.20. The van der Waals surface area contributed by atoms with Crippen molar-refractivity contribution in [3.05, 3.63) is 0 Å². The van der Waals surface area contributed by atoms with E-state index in [1.807, 2.05) is 0 Å². The molecule has 1 unspecified atom stereocenters.